The fourth-order valence-electron chi connectivity index (χ4n) is 2.69. The van der Waals surface area contributed by atoms with Gasteiger partial charge in [0.25, 0.3) is 0 Å². The summed E-state index contributed by atoms with van der Waals surface area (Å²) in [5.74, 6) is 1.59. The molecule has 152 valence electrons. The molecule has 3 aromatic rings. The van der Waals surface area contributed by atoms with Crippen LogP contribution in [0.1, 0.15) is 18.4 Å². The minimum Gasteiger partial charge on any atom is -0.544 e. The zero-order valence-corrected chi connectivity index (χ0v) is 17.3. The van der Waals surface area contributed by atoms with Crippen molar-refractivity contribution >= 4 is 23.8 Å². The Morgan fingerprint density at radius 3 is 2.41 bits per heavy atom. The molecule has 0 bridgehead atoms. The average Bonchev–Trinajstić information content (AvgIpc) is 3.32. The van der Waals surface area contributed by atoms with E-state index >= 15 is 0 Å². The van der Waals surface area contributed by atoms with Crippen LogP contribution >= 0.6 is 11.8 Å². The lowest BCUT2D eigenvalue weighted by Gasteiger charge is -2.11. The van der Waals surface area contributed by atoms with Gasteiger partial charge in [-0.2, -0.15) is 0 Å². The normalized spacial score (nSPS) is 11.5. The molecular weight excluding hydrogens is 394 g/mol. The van der Waals surface area contributed by atoms with Crippen LogP contribution in [0, 0.1) is 6.92 Å². The zero-order chi connectivity index (χ0) is 21.0. The van der Waals surface area contributed by atoms with Gasteiger partial charge in [-0.15, -0.1) is 10.2 Å². The van der Waals surface area contributed by atoms with E-state index in [0.717, 1.165) is 17.3 Å². The molecule has 0 radical (unpaired) electrons. The standard InChI is InChI=1S/C20H21N3O5S/c1-5-23-18(13-8-15(26-3)10-16(9-13)27-4)21-22-20(23)29-17(19(24)25)11-14-7-6-12(2)28-14/h6-11H,5H2,1-4H3,(H,24,25)/p-1/b17-11+. The minimum atomic E-state index is -1.32. The van der Waals surface area contributed by atoms with E-state index in [4.69, 9.17) is 13.9 Å². The number of benzene rings is 1. The molecule has 1 aromatic carbocycles. The number of carbonyl (C=O) groups excluding carboxylic acids is 1. The Morgan fingerprint density at radius 2 is 1.90 bits per heavy atom. The van der Waals surface area contributed by atoms with Crippen molar-refractivity contribution in [1.82, 2.24) is 14.8 Å². The van der Waals surface area contributed by atoms with Gasteiger partial charge in [0.1, 0.15) is 23.0 Å². The quantitative estimate of drug-likeness (QED) is 0.410. The van der Waals surface area contributed by atoms with Gasteiger partial charge in [-0.3, -0.25) is 0 Å². The van der Waals surface area contributed by atoms with Crippen LogP contribution in [0.25, 0.3) is 17.5 Å². The van der Waals surface area contributed by atoms with Crippen LogP contribution in [-0.2, 0) is 11.3 Å². The third kappa shape index (κ3) is 4.62. The van der Waals surface area contributed by atoms with Crippen LogP contribution in [0.2, 0.25) is 0 Å². The SMILES string of the molecule is CCn1c(S/C(=C/c2ccc(C)o2)C(=O)[O-])nnc1-c1cc(OC)cc(OC)c1. The molecule has 0 fully saturated rings. The summed E-state index contributed by atoms with van der Waals surface area (Å²) in [5, 5.41) is 20.5. The number of hydrogen-bond acceptors (Lipinski definition) is 8. The molecule has 0 amide bonds. The number of thioether (sulfide) groups is 1. The third-order valence-electron chi connectivity index (χ3n) is 4.08. The molecular formula is C20H20N3O5S-. The summed E-state index contributed by atoms with van der Waals surface area (Å²) in [5.41, 5.74) is 0.739. The number of nitrogens with zero attached hydrogens (tertiary/aromatic N) is 3. The number of furan rings is 1. The van der Waals surface area contributed by atoms with Crippen molar-refractivity contribution in [2.45, 2.75) is 25.5 Å². The number of carboxylic acids is 1. The van der Waals surface area contributed by atoms with Crippen molar-refractivity contribution in [1.29, 1.82) is 0 Å². The number of aromatic nitrogens is 3. The predicted octanol–water partition coefficient (Wildman–Crippen LogP) is 2.77. The highest BCUT2D eigenvalue weighted by molar-refractivity contribution is 8.04. The summed E-state index contributed by atoms with van der Waals surface area (Å²) in [6.07, 6.45) is 1.41. The first-order chi connectivity index (χ1) is 13.9. The van der Waals surface area contributed by atoms with E-state index in [9.17, 15) is 9.90 Å². The van der Waals surface area contributed by atoms with E-state index in [2.05, 4.69) is 10.2 Å². The van der Waals surface area contributed by atoms with Gasteiger partial charge in [0.15, 0.2) is 11.0 Å². The zero-order valence-electron chi connectivity index (χ0n) is 16.5. The summed E-state index contributed by atoms with van der Waals surface area (Å²) < 4.78 is 17.9. The van der Waals surface area contributed by atoms with Crippen LogP contribution in [0.3, 0.4) is 0 Å². The molecule has 9 heteroatoms. The number of rotatable bonds is 8. The number of hydrogen-bond donors (Lipinski definition) is 0. The van der Waals surface area contributed by atoms with Crippen LogP contribution in [0.5, 0.6) is 11.5 Å². The fourth-order valence-corrected chi connectivity index (χ4v) is 3.55. The second-order valence-electron chi connectivity index (χ2n) is 6.00. The number of ether oxygens (including phenoxy) is 2. The largest absolute Gasteiger partial charge is 0.544 e. The first kappa shape index (κ1) is 20.5. The van der Waals surface area contributed by atoms with Crippen molar-refractivity contribution in [3.8, 4) is 22.9 Å². The number of aryl methyl sites for hydroxylation is 1. The highest BCUT2D eigenvalue weighted by Crippen LogP contribution is 2.33. The summed E-state index contributed by atoms with van der Waals surface area (Å²) in [6.45, 7) is 4.24. The molecule has 0 atom stereocenters. The molecule has 0 saturated heterocycles. The van der Waals surface area contributed by atoms with Gasteiger partial charge in [-0.1, -0.05) is 0 Å². The molecule has 0 aliphatic carbocycles. The first-order valence-corrected chi connectivity index (χ1v) is 9.60. The summed E-state index contributed by atoms with van der Waals surface area (Å²) >= 11 is 0.953. The Kier molecular flexibility index (Phi) is 6.28. The van der Waals surface area contributed by atoms with Crippen molar-refractivity contribution < 1.29 is 23.8 Å². The lowest BCUT2D eigenvalue weighted by molar-refractivity contribution is -0.298. The van der Waals surface area contributed by atoms with E-state index in [-0.39, 0.29) is 4.91 Å². The highest BCUT2D eigenvalue weighted by Gasteiger charge is 2.17. The van der Waals surface area contributed by atoms with Gasteiger partial charge < -0.3 is 28.4 Å². The molecule has 0 saturated carbocycles. The van der Waals surface area contributed by atoms with Gasteiger partial charge in [0.05, 0.1) is 20.2 Å². The first-order valence-electron chi connectivity index (χ1n) is 8.79. The average molecular weight is 414 g/mol. The topological polar surface area (TPSA) is 102 Å². The number of aliphatic carboxylic acids is 1. The number of methoxy groups -OCH3 is 2. The third-order valence-corrected chi connectivity index (χ3v) is 5.07. The maximum absolute atomic E-state index is 11.6. The van der Waals surface area contributed by atoms with E-state index in [1.54, 1.807) is 39.3 Å². The molecule has 2 aromatic heterocycles. The Labute approximate surface area is 172 Å². The molecule has 29 heavy (non-hydrogen) atoms. The van der Waals surface area contributed by atoms with Gasteiger partial charge >= 0.3 is 0 Å². The van der Waals surface area contributed by atoms with Crippen molar-refractivity contribution in [3.05, 3.63) is 46.8 Å². The summed E-state index contributed by atoms with van der Waals surface area (Å²) in [6, 6.07) is 8.83. The second kappa shape index (κ2) is 8.87. The Hall–Kier alpha value is -3.20. The summed E-state index contributed by atoms with van der Waals surface area (Å²) in [7, 11) is 3.13. The fraction of sp³-hybridized carbons (Fsp3) is 0.250. The van der Waals surface area contributed by atoms with Crippen LogP contribution in [-0.4, -0.2) is 35.0 Å². The Balaban J connectivity index is 1.99. The van der Waals surface area contributed by atoms with Crippen LogP contribution < -0.4 is 14.6 Å². The maximum atomic E-state index is 11.6. The molecule has 2 heterocycles. The smallest absolute Gasteiger partial charge is 0.196 e. The molecule has 0 N–H and O–H groups in total. The van der Waals surface area contributed by atoms with E-state index in [0.29, 0.717) is 40.5 Å². The Bertz CT molecular complexity index is 1030. The summed E-state index contributed by atoms with van der Waals surface area (Å²) in [4.78, 5) is 11.6. The molecule has 0 aliphatic heterocycles. The van der Waals surface area contributed by atoms with E-state index in [1.807, 2.05) is 23.6 Å². The van der Waals surface area contributed by atoms with Crippen LogP contribution in [0.4, 0.5) is 0 Å². The van der Waals surface area contributed by atoms with E-state index in [1.165, 1.54) is 6.08 Å². The van der Waals surface area contributed by atoms with Gasteiger partial charge in [0, 0.05) is 23.1 Å². The van der Waals surface area contributed by atoms with Gasteiger partial charge in [-0.25, -0.2) is 0 Å². The highest BCUT2D eigenvalue weighted by atomic mass is 32.2. The van der Waals surface area contributed by atoms with Gasteiger partial charge in [-0.05, 0) is 56.0 Å². The molecule has 0 unspecified atom stereocenters. The van der Waals surface area contributed by atoms with Gasteiger partial charge in [0.2, 0.25) is 0 Å². The number of carboxylic acid groups (broad SMARTS) is 1. The van der Waals surface area contributed by atoms with Crippen molar-refractivity contribution in [2.24, 2.45) is 0 Å². The molecule has 3 rings (SSSR count). The minimum absolute atomic E-state index is 0.0313. The van der Waals surface area contributed by atoms with Crippen molar-refractivity contribution in [2.75, 3.05) is 14.2 Å². The van der Waals surface area contributed by atoms with Crippen LogP contribution in [0.15, 0.2) is 44.8 Å². The monoisotopic (exact) mass is 414 g/mol. The molecule has 8 nitrogen and oxygen atoms in total. The second-order valence-corrected chi connectivity index (χ2v) is 7.01. The van der Waals surface area contributed by atoms with E-state index < -0.39 is 5.97 Å². The lowest BCUT2D eigenvalue weighted by atomic mass is 10.2. The maximum Gasteiger partial charge on any atom is 0.196 e. The Morgan fingerprint density at radius 1 is 1.21 bits per heavy atom. The molecule has 0 aliphatic rings. The van der Waals surface area contributed by atoms with Crippen molar-refractivity contribution in [3.63, 3.8) is 0 Å². The predicted molar refractivity (Wildman–Crippen MR) is 107 cm³/mol. The number of carbonyl (C=O) groups is 1. The lowest BCUT2D eigenvalue weighted by Crippen LogP contribution is -2.23. The molecule has 0 spiro atoms.